The van der Waals surface area contributed by atoms with Crippen molar-refractivity contribution in [1.29, 1.82) is 0 Å². The second kappa shape index (κ2) is 5.81. The number of halogens is 1. The average Bonchev–Trinajstić information content (AvgIpc) is 3.20. The average molecular weight is 461 g/mol. The first-order chi connectivity index (χ1) is 14.0. The summed E-state index contributed by atoms with van der Waals surface area (Å²) in [5.41, 5.74) is 4.99. The molecule has 0 atom stereocenters. The minimum absolute atomic E-state index is 0.372. The molecule has 0 fully saturated rings. The monoisotopic (exact) mass is 460 g/mol. The van der Waals surface area contributed by atoms with Crippen LogP contribution in [0.25, 0.3) is 44.2 Å². The third-order valence-electron chi connectivity index (χ3n) is 5.50. The van der Waals surface area contributed by atoms with E-state index in [1.165, 1.54) is 0 Å². The van der Waals surface area contributed by atoms with Crippen LogP contribution in [0.3, 0.4) is 0 Å². The van der Waals surface area contributed by atoms with Crippen molar-refractivity contribution in [2.45, 2.75) is 9.79 Å². The molecular weight excluding hydrogens is 448 g/mol. The first-order valence-electron chi connectivity index (χ1n) is 9.13. The summed E-state index contributed by atoms with van der Waals surface area (Å²) < 4.78 is 32.9. The Morgan fingerprint density at radius 2 is 1.41 bits per heavy atom. The van der Waals surface area contributed by atoms with Crippen molar-refractivity contribution in [3.8, 4) is 22.3 Å². The van der Waals surface area contributed by atoms with Crippen molar-refractivity contribution < 1.29 is 12.8 Å². The smallest absolute Gasteiger partial charge is 0.207 e. The van der Waals surface area contributed by atoms with Crippen LogP contribution in [-0.4, -0.2) is 8.42 Å². The lowest BCUT2D eigenvalue weighted by Crippen LogP contribution is -1.96. The summed E-state index contributed by atoms with van der Waals surface area (Å²) >= 11 is 3.48. The van der Waals surface area contributed by atoms with Crippen LogP contribution in [0.1, 0.15) is 0 Å². The van der Waals surface area contributed by atoms with Crippen LogP contribution < -0.4 is 0 Å². The third-order valence-corrected chi connectivity index (χ3v) is 7.85. The third kappa shape index (κ3) is 2.38. The SMILES string of the molecule is O=S1(=O)c2ccccc2-c2ccc(-c3ccc4oc5cc(Br)ccc5c4c3)cc21. The molecule has 0 spiro atoms. The molecule has 1 aliphatic heterocycles. The van der Waals surface area contributed by atoms with Crippen molar-refractivity contribution in [2.75, 3.05) is 0 Å². The number of rotatable bonds is 1. The normalized spacial score (nSPS) is 14.2. The Hall–Kier alpha value is -2.89. The Labute approximate surface area is 175 Å². The van der Waals surface area contributed by atoms with E-state index in [0.717, 1.165) is 48.7 Å². The zero-order valence-electron chi connectivity index (χ0n) is 15.0. The molecule has 1 aromatic heterocycles. The van der Waals surface area contributed by atoms with Gasteiger partial charge in [0.2, 0.25) is 9.84 Å². The highest BCUT2D eigenvalue weighted by molar-refractivity contribution is 9.10. The molecule has 0 amide bonds. The van der Waals surface area contributed by atoms with Gasteiger partial charge in [-0.2, -0.15) is 0 Å². The Morgan fingerprint density at radius 3 is 2.31 bits per heavy atom. The highest BCUT2D eigenvalue weighted by Crippen LogP contribution is 2.44. The molecule has 0 radical (unpaired) electrons. The van der Waals surface area contributed by atoms with Gasteiger partial charge in [0.15, 0.2) is 0 Å². The molecule has 0 unspecified atom stereocenters. The maximum atomic E-state index is 13.0. The minimum atomic E-state index is -3.49. The van der Waals surface area contributed by atoms with Crippen LogP contribution in [0.4, 0.5) is 0 Å². The fourth-order valence-corrected chi connectivity index (χ4v) is 6.17. The van der Waals surface area contributed by atoms with Crippen LogP contribution in [-0.2, 0) is 9.84 Å². The summed E-state index contributed by atoms with van der Waals surface area (Å²) in [5.74, 6) is 0. The summed E-state index contributed by atoms with van der Waals surface area (Å²) in [6.07, 6.45) is 0. The van der Waals surface area contributed by atoms with Gasteiger partial charge in [0, 0.05) is 26.4 Å². The van der Waals surface area contributed by atoms with Gasteiger partial charge in [-0.3, -0.25) is 0 Å². The topological polar surface area (TPSA) is 47.3 Å². The van der Waals surface area contributed by atoms with Crippen molar-refractivity contribution in [1.82, 2.24) is 0 Å². The van der Waals surface area contributed by atoms with E-state index >= 15 is 0 Å². The highest BCUT2D eigenvalue weighted by atomic mass is 79.9. The van der Waals surface area contributed by atoms with E-state index in [4.69, 9.17) is 4.42 Å². The number of hydrogen-bond acceptors (Lipinski definition) is 3. The first-order valence-corrected chi connectivity index (χ1v) is 11.4. The highest BCUT2D eigenvalue weighted by Gasteiger charge is 2.32. The molecule has 0 saturated heterocycles. The van der Waals surface area contributed by atoms with Crippen LogP contribution in [0.5, 0.6) is 0 Å². The van der Waals surface area contributed by atoms with Gasteiger partial charge in [-0.15, -0.1) is 0 Å². The van der Waals surface area contributed by atoms with E-state index in [1.54, 1.807) is 18.2 Å². The Bertz CT molecular complexity index is 1580. The molecule has 2 heterocycles. The molecule has 4 aromatic carbocycles. The lowest BCUT2D eigenvalue weighted by Gasteiger charge is -2.05. The largest absolute Gasteiger partial charge is 0.456 e. The summed E-state index contributed by atoms with van der Waals surface area (Å²) in [4.78, 5) is 0.756. The molecule has 140 valence electrons. The van der Waals surface area contributed by atoms with Crippen molar-refractivity contribution in [3.05, 3.63) is 83.3 Å². The molecule has 3 nitrogen and oxygen atoms in total. The van der Waals surface area contributed by atoms with Crippen molar-refractivity contribution in [3.63, 3.8) is 0 Å². The summed E-state index contributed by atoms with van der Waals surface area (Å²) in [7, 11) is -3.49. The van der Waals surface area contributed by atoms with Crippen molar-refractivity contribution >= 4 is 47.7 Å². The van der Waals surface area contributed by atoms with Gasteiger partial charge < -0.3 is 4.42 Å². The molecule has 0 saturated carbocycles. The molecule has 5 heteroatoms. The van der Waals surface area contributed by atoms with Gasteiger partial charge >= 0.3 is 0 Å². The number of furan rings is 1. The zero-order chi connectivity index (χ0) is 19.8. The van der Waals surface area contributed by atoms with Crippen LogP contribution in [0.2, 0.25) is 0 Å². The minimum Gasteiger partial charge on any atom is -0.456 e. The van der Waals surface area contributed by atoms with Gasteiger partial charge in [-0.05, 0) is 53.6 Å². The molecule has 6 rings (SSSR count). The van der Waals surface area contributed by atoms with Crippen LogP contribution in [0, 0.1) is 0 Å². The fourth-order valence-electron chi connectivity index (χ4n) is 4.12. The van der Waals surface area contributed by atoms with Crippen molar-refractivity contribution in [2.24, 2.45) is 0 Å². The fraction of sp³-hybridized carbons (Fsp3) is 0. The lowest BCUT2D eigenvalue weighted by molar-refractivity contribution is 0.598. The van der Waals surface area contributed by atoms with Crippen LogP contribution >= 0.6 is 15.9 Å². The molecular formula is C24H13BrO3S. The predicted molar refractivity (Wildman–Crippen MR) is 118 cm³/mol. The summed E-state index contributed by atoms with van der Waals surface area (Å²) in [6.45, 7) is 0. The molecule has 0 bridgehead atoms. The van der Waals surface area contributed by atoms with E-state index in [2.05, 4.69) is 22.0 Å². The quantitative estimate of drug-likeness (QED) is 0.270. The second-order valence-corrected chi connectivity index (χ2v) is 9.97. The zero-order valence-corrected chi connectivity index (χ0v) is 17.4. The molecule has 29 heavy (non-hydrogen) atoms. The summed E-state index contributed by atoms with van der Waals surface area (Å²) in [5, 5.41) is 2.04. The Balaban J connectivity index is 1.56. The van der Waals surface area contributed by atoms with E-state index in [-0.39, 0.29) is 0 Å². The Kier molecular flexibility index (Phi) is 3.41. The predicted octanol–water partition coefficient (Wildman–Crippen LogP) is 6.83. The first kappa shape index (κ1) is 17.0. The molecule has 0 aliphatic carbocycles. The van der Waals surface area contributed by atoms with Crippen LogP contribution in [0.15, 0.2) is 97.5 Å². The number of benzene rings is 4. The van der Waals surface area contributed by atoms with Gasteiger partial charge in [-0.1, -0.05) is 52.3 Å². The second-order valence-electron chi connectivity index (χ2n) is 7.16. The van der Waals surface area contributed by atoms with Gasteiger partial charge in [0.1, 0.15) is 11.2 Å². The van der Waals surface area contributed by atoms with E-state index in [0.29, 0.717) is 9.79 Å². The van der Waals surface area contributed by atoms with Gasteiger partial charge in [0.25, 0.3) is 0 Å². The molecule has 1 aliphatic rings. The Morgan fingerprint density at radius 1 is 0.655 bits per heavy atom. The summed E-state index contributed by atoms with van der Waals surface area (Å²) in [6, 6.07) is 24.8. The van der Waals surface area contributed by atoms with E-state index in [1.807, 2.05) is 54.6 Å². The number of hydrogen-bond donors (Lipinski definition) is 0. The molecule has 0 N–H and O–H groups in total. The van der Waals surface area contributed by atoms with E-state index in [9.17, 15) is 8.42 Å². The lowest BCUT2D eigenvalue weighted by atomic mass is 9.99. The number of sulfone groups is 1. The molecule has 5 aromatic rings. The van der Waals surface area contributed by atoms with E-state index < -0.39 is 9.84 Å². The number of fused-ring (bicyclic) bond motifs is 6. The van der Waals surface area contributed by atoms with Gasteiger partial charge in [0.05, 0.1) is 9.79 Å². The maximum Gasteiger partial charge on any atom is 0.207 e. The standard InChI is InChI=1S/C24H13BrO3S/c25-16-7-9-17-20-11-14(6-10-21(20)28-22(17)13-16)15-5-8-19-18-3-1-2-4-23(18)29(26,27)24(19)12-15/h1-13H. The maximum absolute atomic E-state index is 13.0. The van der Waals surface area contributed by atoms with Gasteiger partial charge in [-0.25, -0.2) is 8.42 Å².